The lowest BCUT2D eigenvalue weighted by Crippen LogP contribution is -2.39. The largest absolute Gasteiger partial charge is 0.455 e. The number of amides is 1. The molecule has 2 rings (SSSR count). The van der Waals surface area contributed by atoms with E-state index in [4.69, 9.17) is 10.00 Å². The van der Waals surface area contributed by atoms with Crippen molar-refractivity contribution < 1.29 is 18.7 Å². The maximum Gasteiger partial charge on any atom is 0.317 e. The highest BCUT2D eigenvalue weighted by molar-refractivity contribution is 5.86. The molecule has 0 N–H and O–H groups in total. The van der Waals surface area contributed by atoms with Gasteiger partial charge in [0.15, 0.2) is 6.61 Å². The fourth-order valence-corrected chi connectivity index (χ4v) is 3.13. The van der Waals surface area contributed by atoms with Gasteiger partial charge in [-0.3, -0.25) is 9.59 Å². The molecule has 0 spiro atoms. The molecule has 6 heteroatoms. The zero-order valence-electron chi connectivity index (χ0n) is 13.8. The molecule has 1 saturated carbocycles. The molecular formula is C18H21FN2O3. The van der Waals surface area contributed by atoms with Gasteiger partial charge in [-0.25, -0.2) is 4.39 Å². The summed E-state index contributed by atoms with van der Waals surface area (Å²) in [5, 5.41) is 8.54. The van der Waals surface area contributed by atoms with E-state index in [0.29, 0.717) is 18.4 Å². The number of halogens is 1. The van der Waals surface area contributed by atoms with Crippen molar-refractivity contribution in [3.8, 4) is 6.07 Å². The number of benzene rings is 1. The van der Waals surface area contributed by atoms with Crippen molar-refractivity contribution in [1.82, 2.24) is 4.90 Å². The molecule has 0 atom stereocenters. The fourth-order valence-electron chi connectivity index (χ4n) is 3.13. The second-order valence-corrected chi connectivity index (χ2v) is 6.07. The molecule has 0 aliphatic heterocycles. The van der Waals surface area contributed by atoms with E-state index in [1.165, 1.54) is 11.0 Å². The van der Waals surface area contributed by atoms with Crippen LogP contribution in [-0.4, -0.2) is 37.0 Å². The minimum Gasteiger partial charge on any atom is -0.455 e. The van der Waals surface area contributed by atoms with Crippen molar-refractivity contribution in [3.63, 3.8) is 0 Å². The quantitative estimate of drug-likeness (QED) is 0.751. The molecule has 1 aliphatic rings. The van der Waals surface area contributed by atoms with Crippen LogP contribution in [0.4, 0.5) is 4.39 Å². The summed E-state index contributed by atoms with van der Waals surface area (Å²) in [5.41, 5.74) is -0.658. The lowest BCUT2D eigenvalue weighted by Gasteiger charge is -2.28. The summed E-state index contributed by atoms with van der Waals surface area (Å²) in [6, 6.07) is 8.19. The Morgan fingerprint density at radius 2 is 2.00 bits per heavy atom. The van der Waals surface area contributed by atoms with Gasteiger partial charge in [0, 0.05) is 19.2 Å². The Kier molecular flexibility index (Phi) is 5.91. The summed E-state index contributed by atoms with van der Waals surface area (Å²) in [5.74, 6) is -1.35. The van der Waals surface area contributed by atoms with E-state index in [9.17, 15) is 14.0 Å². The molecule has 1 fully saturated rings. The van der Waals surface area contributed by atoms with Gasteiger partial charge < -0.3 is 9.64 Å². The van der Waals surface area contributed by atoms with Crippen molar-refractivity contribution in [2.45, 2.75) is 37.5 Å². The highest BCUT2D eigenvalue weighted by Crippen LogP contribution is 2.43. The first-order chi connectivity index (χ1) is 11.5. The zero-order chi connectivity index (χ0) is 17.6. The maximum absolute atomic E-state index is 14.2. The van der Waals surface area contributed by atoms with Crippen LogP contribution in [0.1, 0.15) is 37.7 Å². The van der Waals surface area contributed by atoms with E-state index in [0.717, 1.165) is 12.8 Å². The van der Waals surface area contributed by atoms with Gasteiger partial charge in [-0.1, -0.05) is 31.0 Å². The molecule has 0 saturated heterocycles. The Hall–Kier alpha value is -2.42. The van der Waals surface area contributed by atoms with Gasteiger partial charge in [0.25, 0.3) is 5.91 Å². The number of hydrogen-bond donors (Lipinski definition) is 0. The lowest BCUT2D eigenvalue weighted by molar-refractivity contribution is -0.156. The van der Waals surface area contributed by atoms with Crippen LogP contribution in [-0.2, 0) is 19.7 Å². The van der Waals surface area contributed by atoms with E-state index in [1.807, 2.05) is 6.07 Å². The molecule has 0 aromatic heterocycles. The average Bonchev–Trinajstić information content (AvgIpc) is 3.08. The minimum absolute atomic E-state index is 0.218. The number of nitriles is 1. The van der Waals surface area contributed by atoms with Crippen molar-refractivity contribution >= 4 is 11.9 Å². The summed E-state index contributed by atoms with van der Waals surface area (Å²) in [7, 11) is 1.55. The van der Waals surface area contributed by atoms with Crippen LogP contribution in [0.2, 0.25) is 0 Å². The summed E-state index contributed by atoms with van der Waals surface area (Å²) >= 11 is 0. The smallest absolute Gasteiger partial charge is 0.317 e. The Labute approximate surface area is 141 Å². The molecule has 1 amide bonds. The number of ether oxygens (including phenoxy) is 1. The summed E-state index contributed by atoms with van der Waals surface area (Å²) in [6.07, 6.45) is 2.89. The second-order valence-electron chi connectivity index (χ2n) is 6.07. The Morgan fingerprint density at radius 3 is 2.62 bits per heavy atom. The summed E-state index contributed by atoms with van der Waals surface area (Å²) < 4.78 is 19.4. The minimum atomic E-state index is -1.00. The van der Waals surface area contributed by atoms with E-state index in [2.05, 4.69) is 0 Å². The molecule has 0 radical (unpaired) electrons. The molecular weight excluding hydrogens is 311 g/mol. The van der Waals surface area contributed by atoms with Gasteiger partial charge in [0.1, 0.15) is 5.82 Å². The Morgan fingerprint density at radius 1 is 1.33 bits per heavy atom. The van der Waals surface area contributed by atoms with Crippen LogP contribution in [0.25, 0.3) is 0 Å². The molecule has 0 heterocycles. The van der Waals surface area contributed by atoms with Crippen LogP contribution in [0.15, 0.2) is 24.3 Å². The van der Waals surface area contributed by atoms with E-state index in [1.54, 1.807) is 25.2 Å². The van der Waals surface area contributed by atoms with Gasteiger partial charge in [-0.15, -0.1) is 0 Å². The number of esters is 1. The van der Waals surface area contributed by atoms with Gasteiger partial charge in [0.05, 0.1) is 17.9 Å². The van der Waals surface area contributed by atoms with Crippen LogP contribution in [0.3, 0.4) is 0 Å². The Bertz CT molecular complexity index is 648. The SMILES string of the molecule is CN(CCC#N)C(=O)COC(=O)C1(c2ccccc2F)CCCC1. The number of hydrogen-bond acceptors (Lipinski definition) is 4. The van der Waals surface area contributed by atoms with Crippen LogP contribution >= 0.6 is 0 Å². The van der Waals surface area contributed by atoms with Crippen molar-refractivity contribution in [3.05, 3.63) is 35.6 Å². The number of likely N-dealkylation sites (N-methyl/N-ethyl adjacent to an activating group) is 1. The molecule has 5 nitrogen and oxygen atoms in total. The van der Waals surface area contributed by atoms with Gasteiger partial charge in [-0.05, 0) is 18.9 Å². The Balaban J connectivity index is 2.07. The molecule has 24 heavy (non-hydrogen) atoms. The second kappa shape index (κ2) is 7.91. The number of carbonyl (C=O) groups excluding carboxylic acids is 2. The third kappa shape index (κ3) is 3.73. The first-order valence-electron chi connectivity index (χ1n) is 8.04. The highest BCUT2D eigenvalue weighted by Gasteiger charge is 2.46. The number of carbonyl (C=O) groups is 2. The topological polar surface area (TPSA) is 70.4 Å². The van der Waals surface area contributed by atoms with Gasteiger partial charge in [0.2, 0.25) is 0 Å². The maximum atomic E-state index is 14.2. The summed E-state index contributed by atoms with van der Waals surface area (Å²) in [6.45, 7) is -0.109. The average molecular weight is 332 g/mol. The zero-order valence-corrected chi connectivity index (χ0v) is 13.8. The third-order valence-corrected chi connectivity index (χ3v) is 4.55. The molecule has 0 bridgehead atoms. The van der Waals surface area contributed by atoms with Crippen LogP contribution < -0.4 is 0 Å². The van der Waals surface area contributed by atoms with Crippen molar-refractivity contribution in [2.75, 3.05) is 20.2 Å². The van der Waals surface area contributed by atoms with Crippen molar-refractivity contribution in [1.29, 1.82) is 5.26 Å². The third-order valence-electron chi connectivity index (χ3n) is 4.55. The van der Waals surface area contributed by atoms with Crippen LogP contribution in [0, 0.1) is 17.1 Å². The first-order valence-corrected chi connectivity index (χ1v) is 8.04. The molecule has 1 aromatic rings. The van der Waals surface area contributed by atoms with Gasteiger partial charge >= 0.3 is 5.97 Å². The highest BCUT2D eigenvalue weighted by atomic mass is 19.1. The standard InChI is InChI=1S/C18H21FN2O3/c1-21(12-6-11-20)16(22)13-24-17(23)18(9-4-5-10-18)14-7-2-3-8-15(14)19/h2-3,7-8H,4-6,9-10,12-13H2,1H3. The lowest BCUT2D eigenvalue weighted by atomic mass is 9.78. The molecule has 0 unspecified atom stereocenters. The molecule has 128 valence electrons. The number of nitrogens with zero attached hydrogens (tertiary/aromatic N) is 2. The van der Waals surface area contributed by atoms with Crippen LogP contribution in [0.5, 0.6) is 0 Å². The number of rotatable bonds is 6. The fraction of sp³-hybridized carbons (Fsp3) is 0.500. The first kappa shape index (κ1) is 17.9. The summed E-state index contributed by atoms with van der Waals surface area (Å²) in [4.78, 5) is 25.9. The van der Waals surface area contributed by atoms with Crippen molar-refractivity contribution in [2.24, 2.45) is 0 Å². The predicted molar refractivity (Wildman–Crippen MR) is 85.4 cm³/mol. The van der Waals surface area contributed by atoms with Gasteiger partial charge in [-0.2, -0.15) is 5.26 Å². The van der Waals surface area contributed by atoms with E-state index >= 15 is 0 Å². The van der Waals surface area contributed by atoms with E-state index < -0.39 is 23.8 Å². The molecule has 1 aliphatic carbocycles. The van der Waals surface area contributed by atoms with E-state index in [-0.39, 0.29) is 18.9 Å². The predicted octanol–water partition coefficient (Wildman–Crippen LogP) is 2.55. The normalized spacial score (nSPS) is 15.5. The molecule has 1 aromatic carbocycles. The monoisotopic (exact) mass is 332 g/mol.